The number of hydrogen-bond donors (Lipinski definition) is 0. The maximum Gasteiger partial charge on any atom is 0.371 e. The molecule has 0 N–H and O–H groups in total. The summed E-state index contributed by atoms with van der Waals surface area (Å²) in [6.07, 6.45) is 0.229. The monoisotopic (exact) mass is 189 g/mol. The van der Waals surface area contributed by atoms with Crippen LogP contribution in [0.3, 0.4) is 0 Å². The first-order valence-electron chi connectivity index (χ1n) is 4.78. The van der Waals surface area contributed by atoms with E-state index in [1.54, 1.807) is 0 Å². The Labute approximate surface area is 81.4 Å². The second-order valence-corrected chi connectivity index (χ2v) is 3.75. The van der Waals surface area contributed by atoms with Crippen LogP contribution < -0.4 is 0 Å². The molecule has 0 fully saturated rings. The molecule has 13 heavy (non-hydrogen) atoms. The lowest BCUT2D eigenvalue weighted by Gasteiger charge is -2.21. The van der Waals surface area contributed by atoms with Crippen molar-refractivity contribution < 1.29 is 14.2 Å². The molecule has 79 valence electrons. The Morgan fingerprint density at radius 1 is 0.615 bits per heavy atom. The number of ether oxygens (including phenoxy) is 3. The highest BCUT2D eigenvalue weighted by Gasteiger charge is 2.18. The van der Waals surface area contributed by atoms with Crippen LogP contribution in [-0.2, 0) is 14.2 Å². The first-order valence-corrected chi connectivity index (χ1v) is 4.78. The van der Waals surface area contributed by atoms with Crippen LogP contribution in [0.1, 0.15) is 41.5 Å². The van der Waals surface area contributed by atoms with Gasteiger partial charge in [0.15, 0.2) is 0 Å². The lowest BCUT2D eigenvalue weighted by atomic mass is 10.5. The van der Waals surface area contributed by atoms with E-state index in [-0.39, 0.29) is 24.8 Å². The van der Waals surface area contributed by atoms with Gasteiger partial charge < -0.3 is 14.2 Å². The fourth-order valence-electron chi connectivity index (χ4n) is 0.661. The van der Waals surface area contributed by atoms with Crippen molar-refractivity contribution in [3.05, 3.63) is 6.48 Å². The van der Waals surface area contributed by atoms with Crippen molar-refractivity contribution in [3.63, 3.8) is 0 Å². The van der Waals surface area contributed by atoms with Crippen molar-refractivity contribution in [2.24, 2.45) is 0 Å². The van der Waals surface area contributed by atoms with Crippen molar-refractivity contribution >= 4 is 0 Å². The van der Waals surface area contributed by atoms with Crippen molar-refractivity contribution in [1.29, 1.82) is 0 Å². The molecule has 0 bridgehead atoms. The highest BCUT2D eigenvalue weighted by Crippen LogP contribution is 2.14. The molecule has 0 atom stereocenters. The van der Waals surface area contributed by atoms with Crippen molar-refractivity contribution in [3.8, 4) is 0 Å². The average Bonchev–Trinajstić information content (AvgIpc) is 1.80. The summed E-state index contributed by atoms with van der Waals surface area (Å²) in [6.45, 7) is 11.9. The Bertz CT molecular complexity index is 97.6. The Kier molecular flexibility index (Phi) is 6.29. The molecule has 0 aromatic carbocycles. The minimum absolute atomic E-state index is 0.0764. The van der Waals surface area contributed by atoms with Crippen LogP contribution in [0.2, 0.25) is 0 Å². The van der Waals surface area contributed by atoms with E-state index in [0.29, 0.717) is 0 Å². The topological polar surface area (TPSA) is 27.7 Å². The van der Waals surface area contributed by atoms with Crippen molar-refractivity contribution in [1.82, 2.24) is 0 Å². The van der Waals surface area contributed by atoms with Gasteiger partial charge >= 0.3 is 6.48 Å². The molecule has 0 amide bonds. The minimum Gasteiger partial charge on any atom is -0.318 e. The Morgan fingerprint density at radius 2 is 0.846 bits per heavy atom. The summed E-state index contributed by atoms with van der Waals surface area (Å²) < 4.78 is 16.0. The summed E-state index contributed by atoms with van der Waals surface area (Å²) in [5.41, 5.74) is 0. The highest BCUT2D eigenvalue weighted by molar-refractivity contribution is 4.56. The maximum atomic E-state index is 5.34. The standard InChI is InChI=1S/C10H21O3/c1-7(2)11-10(12-8(3)4)13-9(5)6/h7-9H,1-6H3. The summed E-state index contributed by atoms with van der Waals surface area (Å²) in [7, 11) is 0. The van der Waals surface area contributed by atoms with Gasteiger partial charge in [0, 0.05) is 0 Å². The van der Waals surface area contributed by atoms with Gasteiger partial charge in [-0.05, 0) is 41.5 Å². The Balaban J connectivity index is 3.87. The van der Waals surface area contributed by atoms with Crippen LogP contribution in [0.5, 0.6) is 0 Å². The Morgan fingerprint density at radius 3 is 1.00 bits per heavy atom. The van der Waals surface area contributed by atoms with Gasteiger partial charge in [-0.25, -0.2) is 0 Å². The molecule has 3 heteroatoms. The largest absolute Gasteiger partial charge is 0.371 e. The molecule has 0 unspecified atom stereocenters. The lowest BCUT2D eigenvalue weighted by Crippen LogP contribution is -2.22. The summed E-state index contributed by atoms with van der Waals surface area (Å²) in [5.74, 6) is 0. The molecule has 0 spiro atoms. The third-order valence-electron chi connectivity index (χ3n) is 0.996. The maximum absolute atomic E-state index is 5.34. The molecule has 0 saturated carbocycles. The predicted octanol–water partition coefficient (Wildman–Crippen LogP) is 2.71. The molecule has 0 aliphatic rings. The smallest absolute Gasteiger partial charge is 0.318 e. The number of hydrogen-bond acceptors (Lipinski definition) is 3. The second kappa shape index (κ2) is 6.35. The SMILES string of the molecule is CC(C)O[C](OC(C)C)OC(C)C. The number of rotatable bonds is 6. The minimum atomic E-state index is 0.0764. The Hall–Kier alpha value is -0.120. The average molecular weight is 189 g/mol. The van der Waals surface area contributed by atoms with Crippen molar-refractivity contribution in [2.45, 2.75) is 59.9 Å². The fourth-order valence-corrected chi connectivity index (χ4v) is 0.661. The molecule has 0 aromatic heterocycles. The molecule has 0 aliphatic carbocycles. The molecule has 0 aromatic rings. The van der Waals surface area contributed by atoms with Gasteiger partial charge in [-0.1, -0.05) is 0 Å². The van der Waals surface area contributed by atoms with E-state index >= 15 is 0 Å². The molecular formula is C10H21O3. The van der Waals surface area contributed by atoms with Crippen LogP contribution >= 0.6 is 0 Å². The predicted molar refractivity (Wildman–Crippen MR) is 51.9 cm³/mol. The van der Waals surface area contributed by atoms with Gasteiger partial charge in [0.2, 0.25) is 0 Å². The third-order valence-corrected chi connectivity index (χ3v) is 0.996. The quantitative estimate of drug-likeness (QED) is 0.643. The van der Waals surface area contributed by atoms with Crippen LogP contribution in [0, 0.1) is 6.48 Å². The molecular weight excluding hydrogens is 168 g/mol. The first kappa shape index (κ1) is 12.9. The molecule has 0 heterocycles. The van der Waals surface area contributed by atoms with Gasteiger partial charge in [0.1, 0.15) is 0 Å². The lowest BCUT2D eigenvalue weighted by molar-refractivity contribution is -0.227. The zero-order chi connectivity index (χ0) is 10.4. The van der Waals surface area contributed by atoms with Gasteiger partial charge in [-0.3, -0.25) is 0 Å². The van der Waals surface area contributed by atoms with Crippen LogP contribution in [0.25, 0.3) is 0 Å². The zero-order valence-corrected chi connectivity index (χ0v) is 9.46. The third kappa shape index (κ3) is 8.22. The summed E-state index contributed by atoms with van der Waals surface area (Å²) in [4.78, 5) is 0. The van der Waals surface area contributed by atoms with E-state index < -0.39 is 0 Å². The van der Waals surface area contributed by atoms with Crippen LogP contribution in [0.15, 0.2) is 0 Å². The van der Waals surface area contributed by atoms with Crippen LogP contribution in [-0.4, -0.2) is 18.3 Å². The molecule has 0 rings (SSSR count). The molecule has 0 saturated heterocycles. The second-order valence-electron chi connectivity index (χ2n) is 3.75. The van der Waals surface area contributed by atoms with E-state index in [1.807, 2.05) is 41.5 Å². The highest BCUT2D eigenvalue weighted by atomic mass is 16.8. The van der Waals surface area contributed by atoms with Gasteiger partial charge in [0.25, 0.3) is 0 Å². The summed E-state index contributed by atoms with van der Waals surface area (Å²) in [6, 6.07) is 0. The van der Waals surface area contributed by atoms with Gasteiger partial charge in [-0.2, -0.15) is 0 Å². The molecule has 1 radical (unpaired) electrons. The van der Waals surface area contributed by atoms with Crippen molar-refractivity contribution in [2.75, 3.05) is 0 Å². The van der Waals surface area contributed by atoms with Gasteiger partial charge in [-0.15, -0.1) is 0 Å². The van der Waals surface area contributed by atoms with Gasteiger partial charge in [0.05, 0.1) is 18.3 Å². The zero-order valence-electron chi connectivity index (χ0n) is 9.46. The normalized spacial score (nSPS) is 12.5. The first-order chi connectivity index (χ1) is 5.91. The van der Waals surface area contributed by atoms with E-state index in [9.17, 15) is 0 Å². The fraction of sp³-hybridized carbons (Fsp3) is 0.900. The molecule has 3 nitrogen and oxygen atoms in total. The molecule has 0 aliphatic heterocycles. The van der Waals surface area contributed by atoms with Crippen LogP contribution in [0.4, 0.5) is 0 Å². The van der Waals surface area contributed by atoms with E-state index in [0.717, 1.165) is 0 Å². The summed E-state index contributed by atoms with van der Waals surface area (Å²) in [5, 5.41) is 0. The van der Waals surface area contributed by atoms with E-state index in [2.05, 4.69) is 0 Å². The van der Waals surface area contributed by atoms with E-state index in [1.165, 1.54) is 0 Å². The summed E-state index contributed by atoms with van der Waals surface area (Å²) >= 11 is 0. The van der Waals surface area contributed by atoms with E-state index in [4.69, 9.17) is 14.2 Å².